The van der Waals surface area contributed by atoms with Gasteiger partial charge in [-0.25, -0.2) is 4.98 Å². The van der Waals surface area contributed by atoms with Gasteiger partial charge in [0.1, 0.15) is 5.82 Å². The van der Waals surface area contributed by atoms with Gasteiger partial charge in [-0.3, -0.25) is 4.79 Å². The average molecular weight is 421 g/mol. The lowest BCUT2D eigenvalue weighted by atomic mass is 10.0. The fourth-order valence-electron chi connectivity index (χ4n) is 3.66. The van der Waals surface area contributed by atoms with Crippen LogP contribution in [0.5, 0.6) is 0 Å². The van der Waals surface area contributed by atoms with Gasteiger partial charge in [-0.1, -0.05) is 54.7 Å². The Hall–Kier alpha value is -2.64. The number of carbonyl (C=O) groups is 1. The minimum Gasteiger partial charge on any atom is -0.310 e. The molecule has 0 saturated heterocycles. The molecule has 0 bridgehead atoms. The van der Waals surface area contributed by atoms with E-state index in [4.69, 9.17) is 10.1 Å². The molecule has 0 unspecified atom stereocenters. The molecule has 1 amide bonds. The van der Waals surface area contributed by atoms with Crippen LogP contribution in [0, 0.1) is 6.92 Å². The first-order valence-corrected chi connectivity index (χ1v) is 11.5. The minimum atomic E-state index is -0.00816. The molecule has 0 fully saturated rings. The number of rotatable bonds is 3. The highest BCUT2D eigenvalue weighted by Gasteiger charge is 2.31. The van der Waals surface area contributed by atoms with Gasteiger partial charge in [0.05, 0.1) is 26.9 Å². The van der Waals surface area contributed by atoms with Crippen LogP contribution in [-0.2, 0) is 11.2 Å². The molecule has 146 valence electrons. The smallest absolute Gasteiger partial charge is 0.235 e. The summed E-state index contributed by atoms with van der Waals surface area (Å²) in [4.78, 5) is 17.2. The van der Waals surface area contributed by atoms with Crippen LogP contribution in [0.4, 0.5) is 5.82 Å². The molecule has 2 aromatic carbocycles. The van der Waals surface area contributed by atoms with Gasteiger partial charge in [0.2, 0.25) is 11.0 Å². The van der Waals surface area contributed by atoms with Gasteiger partial charge in [-0.2, -0.15) is 9.78 Å². The molecular formula is C22H20N4OS2. The van der Waals surface area contributed by atoms with E-state index in [1.807, 2.05) is 25.1 Å². The van der Waals surface area contributed by atoms with Crippen molar-refractivity contribution in [2.45, 2.75) is 25.5 Å². The van der Waals surface area contributed by atoms with Gasteiger partial charge in [-0.15, -0.1) is 11.8 Å². The Balaban J connectivity index is 1.66. The zero-order valence-corrected chi connectivity index (χ0v) is 17.8. The number of hydrogen-bond acceptors (Lipinski definition) is 5. The molecule has 4 aromatic rings. The van der Waals surface area contributed by atoms with E-state index >= 15 is 0 Å². The molecular weight excluding hydrogens is 400 g/mol. The highest BCUT2D eigenvalue weighted by molar-refractivity contribution is 8.00. The Bertz CT molecular complexity index is 1180. The van der Waals surface area contributed by atoms with Crippen LogP contribution in [0.1, 0.15) is 34.6 Å². The number of fused-ring (bicyclic) bond motifs is 2. The van der Waals surface area contributed by atoms with Crippen molar-refractivity contribution in [2.24, 2.45) is 0 Å². The number of thiazole rings is 1. The standard InChI is InChI=1S/C22H20N4OS2/c1-3-14-8-10-15(11-9-14)20-19-13(2)25-26(21(19)24-18(27)12-28-20)22-23-16-6-4-5-7-17(16)29-22/h4-11,20H,3,12H2,1-2H3,(H,24,27)/t20-/m1/s1. The van der Waals surface area contributed by atoms with E-state index in [0.717, 1.165) is 38.8 Å². The van der Waals surface area contributed by atoms with Gasteiger partial charge in [0.25, 0.3) is 0 Å². The number of para-hydroxylation sites is 1. The minimum absolute atomic E-state index is 0.00816. The van der Waals surface area contributed by atoms with Crippen molar-refractivity contribution in [2.75, 3.05) is 11.1 Å². The summed E-state index contributed by atoms with van der Waals surface area (Å²) in [5.41, 5.74) is 5.42. The summed E-state index contributed by atoms with van der Waals surface area (Å²) in [5.74, 6) is 1.14. The molecule has 1 atom stereocenters. The van der Waals surface area contributed by atoms with Crippen LogP contribution < -0.4 is 5.32 Å². The van der Waals surface area contributed by atoms with Crippen molar-refractivity contribution in [1.82, 2.24) is 14.8 Å². The highest BCUT2D eigenvalue weighted by Crippen LogP contribution is 2.44. The number of nitrogens with one attached hydrogen (secondary N) is 1. The fourth-order valence-corrected chi connectivity index (χ4v) is 5.78. The van der Waals surface area contributed by atoms with Crippen LogP contribution in [0.3, 0.4) is 0 Å². The zero-order valence-electron chi connectivity index (χ0n) is 16.2. The van der Waals surface area contributed by atoms with E-state index in [0.29, 0.717) is 5.75 Å². The van der Waals surface area contributed by atoms with E-state index in [-0.39, 0.29) is 11.2 Å². The molecule has 0 spiro atoms. The van der Waals surface area contributed by atoms with Crippen LogP contribution >= 0.6 is 23.1 Å². The number of benzene rings is 2. The Morgan fingerprint density at radius 3 is 2.72 bits per heavy atom. The summed E-state index contributed by atoms with van der Waals surface area (Å²) in [6.07, 6.45) is 1.01. The summed E-state index contributed by atoms with van der Waals surface area (Å²) in [6, 6.07) is 16.7. The third kappa shape index (κ3) is 3.24. The van der Waals surface area contributed by atoms with Crippen LogP contribution in [0.25, 0.3) is 15.3 Å². The predicted octanol–water partition coefficient (Wildman–Crippen LogP) is 5.13. The molecule has 5 nitrogen and oxygen atoms in total. The largest absolute Gasteiger partial charge is 0.310 e. The first-order valence-electron chi connectivity index (χ1n) is 9.60. The molecule has 1 aliphatic heterocycles. The Kier molecular flexibility index (Phi) is 4.64. The second kappa shape index (κ2) is 7.31. The normalized spacial score (nSPS) is 16.5. The predicted molar refractivity (Wildman–Crippen MR) is 120 cm³/mol. The van der Waals surface area contributed by atoms with Gasteiger partial charge >= 0.3 is 0 Å². The molecule has 7 heteroatoms. The van der Waals surface area contributed by atoms with Crippen molar-refractivity contribution in [3.05, 3.63) is 70.9 Å². The monoisotopic (exact) mass is 420 g/mol. The summed E-state index contributed by atoms with van der Waals surface area (Å²) in [5, 5.41) is 8.68. The average Bonchev–Trinajstić information content (AvgIpc) is 3.25. The van der Waals surface area contributed by atoms with Gasteiger partial charge in [0, 0.05) is 5.56 Å². The number of aromatic nitrogens is 3. The third-order valence-corrected chi connectivity index (χ3v) is 7.44. The number of carbonyl (C=O) groups excluding carboxylic acids is 1. The summed E-state index contributed by atoms with van der Waals surface area (Å²) >= 11 is 3.22. The number of amides is 1. The van der Waals surface area contributed by atoms with E-state index in [1.54, 1.807) is 27.8 Å². The summed E-state index contributed by atoms with van der Waals surface area (Å²) in [7, 11) is 0. The Morgan fingerprint density at radius 2 is 1.97 bits per heavy atom. The second-order valence-electron chi connectivity index (χ2n) is 7.06. The fraction of sp³-hybridized carbons (Fsp3) is 0.227. The number of nitrogens with zero attached hydrogens (tertiary/aromatic N) is 3. The van der Waals surface area contributed by atoms with Gasteiger partial charge < -0.3 is 5.32 Å². The van der Waals surface area contributed by atoms with Crippen LogP contribution in [0.2, 0.25) is 0 Å². The Morgan fingerprint density at radius 1 is 1.17 bits per heavy atom. The third-order valence-electron chi connectivity index (χ3n) is 5.16. The van der Waals surface area contributed by atoms with Gasteiger partial charge in [0.15, 0.2) is 0 Å². The maximum Gasteiger partial charge on any atom is 0.235 e. The topological polar surface area (TPSA) is 59.8 Å². The second-order valence-corrected chi connectivity index (χ2v) is 9.16. The van der Waals surface area contributed by atoms with E-state index < -0.39 is 0 Å². The van der Waals surface area contributed by atoms with Crippen molar-refractivity contribution in [3.63, 3.8) is 0 Å². The Labute approximate surface area is 177 Å². The lowest BCUT2D eigenvalue weighted by Gasteiger charge is -2.15. The lowest BCUT2D eigenvalue weighted by molar-refractivity contribution is -0.113. The number of thioether (sulfide) groups is 1. The first kappa shape index (κ1) is 18.4. The molecule has 1 N–H and O–H groups in total. The zero-order chi connectivity index (χ0) is 20.0. The maximum atomic E-state index is 12.5. The van der Waals surface area contributed by atoms with Gasteiger partial charge in [-0.05, 0) is 36.6 Å². The quantitative estimate of drug-likeness (QED) is 0.499. The number of aryl methyl sites for hydroxylation is 2. The first-order chi connectivity index (χ1) is 14.1. The summed E-state index contributed by atoms with van der Waals surface area (Å²) in [6.45, 7) is 4.16. The SMILES string of the molecule is CCc1ccc([C@H]2SCC(=O)Nc3c2c(C)nn3-c2nc3ccccc3s2)cc1. The molecule has 0 saturated carbocycles. The van der Waals surface area contributed by atoms with E-state index in [1.165, 1.54) is 11.1 Å². The highest BCUT2D eigenvalue weighted by atomic mass is 32.2. The van der Waals surface area contributed by atoms with Crippen molar-refractivity contribution >= 4 is 45.0 Å². The number of anilines is 1. The number of hydrogen-bond donors (Lipinski definition) is 1. The van der Waals surface area contributed by atoms with E-state index in [9.17, 15) is 4.79 Å². The van der Waals surface area contributed by atoms with Crippen molar-refractivity contribution in [1.29, 1.82) is 0 Å². The summed E-state index contributed by atoms with van der Waals surface area (Å²) < 4.78 is 2.90. The molecule has 0 radical (unpaired) electrons. The lowest BCUT2D eigenvalue weighted by Crippen LogP contribution is -2.15. The molecule has 3 heterocycles. The maximum absolute atomic E-state index is 12.5. The molecule has 2 aromatic heterocycles. The van der Waals surface area contributed by atoms with Crippen LogP contribution in [-0.4, -0.2) is 26.4 Å². The van der Waals surface area contributed by atoms with Crippen LogP contribution in [0.15, 0.2) is 48.5 Å². The van der Waals surface area contributed by atoms with E-state index in [2.05, 4.69) is 42.6 Å². The molecule has 29 heavy (non-hydrogen) atoms. The van der Waals surface area contributed by atoms with Crippen molar-refractivity contribution < 1.29 is 4.79 Å². The molecule has 5 rings (SSSR count). The molecule has 1 aliphatic rings. The van der Waals surface area contributed by atoms with Crippen molar-refractivity contribution in [3.8, 4) is 5.13 Å². The molecule has 0 aliphatic carbocycles.